The van der Waals surface area contributed by atoms with Crippen LogP contribution in [0.4, 0.5) is 19.0 Å². The fraction of sp³-hybridized carbons (Fsp3) is 0.111. The van der Waals surface area contributed by atoms with Crippen LogP contribution in [-0.2, 0) is 27.7 Å². The van der Waals surface area contributed by atoms with Crippen molar-refractivity contribution in [3.8, 4) is 0 Å². The zero-order valence-electron chi connectivity index (χ0n) is 18.7. The van der Waals surface area contributed by atoms with Crippen LogP contribution in [0.15, 0.2) is 90.0 Å². The highest BCUT2D eigenvalue weighted by Gasteiger charge is 2.38. The Labute approximate surface area is 205 Å². The third-order valence-electron chi connectivity index (χ3n) is 5.95. The van der Waals surface area contributed by atoms with Crippen molar-refractivity contribution in [1.29, 1.82) is 0 Å². The normalized spacial score (nSPS) is 13.9. The number of aromatic nitrogens is 1. The summed E-state index contributed by atoms with van der Waals surface area (Å²) in [5.41, 5.74) is 0.749. The summed E-state index contributed by atoms with van der Waals surface area (Å²) in [6.07, 6.45) is -2.16. The van der Waals surface area contributed by atoms with Gasteiger partial charge in [-0.3, -0.25) is 9.52 Å². The van der Waals surface area contributed by atoms with Crippen molar-refractivity contribution in [3.63, 3.8) is 0 Å². The number of anilines is 1. The van der Waals surface area contributed by atoms with Crippen molar-refractivity contribution in [2.45, 2.75) is 23.9 Å². The number of nitrogens with zero attached hydrogens (tertiary/aromatic N) is 1. The first-order valence-electron chi connectivity index (χ1n) is 11.0. The Balaban J connectivity index is 1.35. The van der Waals surface area contributed by atoms with Crippen LogP contribution in [0.2, 0.25) is 0 Å². The quantitative estimate of drug-likeness (QED) is 0.375. The highest BCUT2D eigenvalue weighted by atomic mass is 32.2. The highest BCUT2D eigenvalue weighted by Crippen LogP contribution is 2.38. The first-order valence-corrected chi connectivity index (χ1v) is 12.5. The molecular weight excluding hydrogens is 489 g/mol. The van der Waals surface area contributed by atoms with Crippen molar-refractivity contribution < 1.29 is 26.4 Å². The Morgan fingerprint density at radius 1 is 0.889 bits per heavy atom. The molecule has 9 heteroatoms. The SMILES string of the molecule is O=C1C=C(C(F)(F)F)c2cc(Cc3ccc(S(=O)(=O)Nc4cc5ccccc5cn4)cc3)ccc2C1. The molecule has 5 nitrogen and oxygen atoms in total. The van der Waals surface area contributed by atoms with E-state index in [-0.39, 0.29) is 22.7 Å². The fourth-order valence-electron chi connectivity index (χ4n) is 4.21. The minimum atomic E-state index is -4.63. The molecule has 1 N–H and O–H groups in total. The molecule has 1 aromatic heterocycles. The molecule has 5 rings (SSSR count). The minimum absolute atomic E-state index is 0.00545. The largest absolute Gasteiger partial charge is 0.417 e. The van der Waals surface area contributed by atoms with Crippen LogP contribution >= 0.6 is 0 Å². The van der Waals surface area contributed by atoms with E-state index in [1.165, 1.54) is 18.2 Å². The van der Waals surface area contributed by atoms with Gasteiger partial charge in [0.1, 0.15) is 5.82 Å². The van der Waals surface area contributed by atoms with Gasteiger partial charge in [0.05, 0.1) is 10.5 Å². The maximum Gasteiger partial charge on any atom is 0.417 e. The number of alkyl halides is 3. The van der Waals surface area contributed by atoms with E-state index >= 15 is 0 Å². The number of nitrogens with one attached hydrogen (secondary N) is 1. The number of hydrogen-bond acceptors (Lipinski definition) is 4. The average Bonchev–Trinajstić information content (AvgIpc) is 2.83. The van der Waals surface area contributed by atoms with Gasteiger partial charge in [-0.15, -0.1) is 0 Å². The molecule has 0 radical (unpaired) electrons. The molecule has 0 saturated carbocycles. The summed E-state index contributed by atoms with van der Waals surface area (Å²) in [6, 6.07) is 19.9. The molecule has 0 unspecified atom stereocenters. The number of pyridine rings is 1. The van der Waals surface area contributed by atoms with Gasteiger partial charge in [0.25, 0.3) is 10.0 Å². The average molecular weight is 509 g/mol. The molecule has 0 amide bonds. The van der Waals surface area contributed by atoms with Gasteiger partial charge >= 0.3 is 6.18 Å². The number of sulfonamides is 1. The van der Waals surface area contributed by atoms with Crippen LogP contribution in [0, 0.1) is 0 Å². The van der Waals surface area contributed by atoms with Crippen LogP contribution < -0.4 is 4.72 Å². The molecule has 36 heavy (non-hydrogen) atoms. The summed E-state index contributed by atoms with van der Waals surface area (Å²) in [4.78, 5) is 15.9. The Hall–Kier alpha value is -3.98. The lowest BCUT2D eigenvalue weighted by molar-refractivity contribution is -0.114. The number of carbonyl (C=O) groups excluding carboxylic acids is 1. The van der Waals surface area contributed by atoms with E-state index in [0.717, 1.165) is 16.3 Å². The molecule has 0 aliphatic heterocycles. The number of ketones is 1. The topological polar surface area (TPSA) is 76.1 Å². The fourth-order valence-corrected chi connectivity index (χ4v) is 5.21. The maximum absolute atomic E-state index is 13.5. The monoisotopic (exact) mass is 508 g/mol. The molecule has 0 atom stereocenters. The predicted octanol–water partition coefficient (Wildman–Crippen LogP) is 5.70. The van der Waals surface area contributed by atoms with Crippen LogP contribution in [0.1, 0.15) is 22.3 Å². The zero-order valence-corrected chi connectivity index (χ0v) is 19.5. The first-order chi connectivity index (χ1) is 17.1. The van der Waals surface area contributed by atoms with Gasteiger partial charge in [-0.1, -0.05) is 54.6 Å². The number of carbonyl (C=O) groups is 1. The van der Waals surface area contributed by atoms with Gasteiger partial charge in [0.2, 0.25) is 0 Å². The lowest BCUT2D eigenvalue weighted by atomic mass is 9.87. The van der Waals surface area contributed by atoms with Crippen molar-refractivity contribution in [2.24, 2.45) is 0 Å². The Kier molecular flexibility index (Phi) is 5.88. The molecule has 1 aliphatic carbocycles. The highest BCUT2D eigenvalue weighted by molar-refractivity contribution is 7.92. The van der Waals surface area contributed by atoms with Gasteiger partial charge in [0, 0.05) is 18.0 Å². The number of rotatable bonds is 5. The molecule has 0 fully saturated rings. The molecule has 3 aromatic carbocycles. The molecule has 0 saturated heterocycles. The number of benzene rings is 3. The maximum atomic E-state index is 13.5. The Bertz CT molecular complexity index is 1630. The van der Waals surface area contributed by atoms with E-state index in [2.05, 4.69) is 9.71 Å². The van der Waals surface area contributed by atoms with Crippen LogP contribution in [0.25, 0.3) is 16.3 Å². The van der Waals surface area contributed by atoms with Crippen LogP contribution in [0.3, 0.4) is 0 Å². The van der Waals surface area contributed by atoms with Crippen molar-refractivity contribution in [1.82, 2.24) is 4.98 Å². The van der Waals surface area contributed by atoms with E-state index in [1.807, 2.05) is 24.3 Å². The van der Waals surface area contributed by atoms with Crippen LogP contribution in [-0.4, -0.2) is 25.4 Å². The van der Waals surface area contributed by atoms with E-state index in [4.69, 9.17) is 0 Å². The molecule has 0 spiro atoms. The number of allylic oxidation sites excluding steroid dienone is 2. The Morgan fingerprint density at radius 3 is 2.31 bits per heavy atom. The molecular formula is C27H19F3N2O3S. The molecule has 0 bridgehead atoms. The number of hydrogen-bond donors (Lipinski definition) is 1. The van der Waals surface area contributed by atoms with E-state index in [1.54, 1.807) is 36.5 Å². The van der Waals surface area contributed by atoms with Gasteiger partial charge in [-0.05, 0) is 58.3 Å². The zero-order chi connectivity index (χ0) is 25.5. The van der Waals surface area contributed by atoms with Crippen molar-refractivity contribution in [3.05, 3.63) is 107 Å². The van der Waals surface area contributed by atoms with Crippen LogP contribution in [0.5, 0.6) is 0 Å². The van der Waals surface area contributed by atoms with E-state index < -0.39 is 27.6 Å². The summed E-state index contributed by atoms with van der Waals surface area (Å²) in [5.74, 6) is -0.384. The molecule has 1 heterocycles. The summed E-state index contributed by atoms with van der Waals surface area (Å²) in [7, 11) is -3.89. The van der Waals surface area contributed by atoms with E-state index in [0.29, 0.717) is 23.6 Å². The molecule has 182 valence electrons. The second-order valence-electron chi connectivity index (χ2n) is 8.53. The lowest BCUT2D eigenvalue weighted by Crippen LogP contribution is -2.19. The summed E-state index contributed by atoms with van der Waals surface area (Å²) >= 11 is 0. The molecule has 4 aromatic rings. The summed E-state index contributed by atoms with van der Waals surface area (Å²) in [6.45, 7) is 0. The third kappa shape index (κ3) is 4.87. The standard InChI is InChI=1S/C27H19F3N2O3S/c28-27(29,30)25-15-22(33)13-20-8-5-18(12-24(20)25)11-17-6-9-23(10-7-17)36(34,35)32-26-14-19-3-1-2-4-21(19)16-31-26/h1-10,12,14-16H,11,13H2,(H,31,32). The predicted molar refractivity (Wildman–Crippen MR) is 131 cm³/mol. The van der Waals surface area contributed by atoms with Gasteiger partial charge in [-0.25, -0.2) is 13.4 Å². The second kappa shape index (κ2) is 8.91. The summed E-state index contributed by atoms with van der Waals surface area (Å²) < 4.78 is 68.5. The smallest absolute Gasteiger partial charge is 0.294 e. The Morgan fingerprint density at radius 2 is 1.58 bits per heavy atom. The second-order valence-corrected chi connectivity index (χ2v) is 10.2. The van der Waals surface area contributed by atoms with Crippen molar-refractivity contribution in [2.75, 3.05) is 4.72 Å². The van der Waals surface area contributed by atoms with Gasteiger partial charge in [0.15, 0.2) is 5.78 Å². The van der Waals surface area contributed by atoms with Gasteiger partial charge in [-0.2, -0.15) is 13.2 Å². The third-order valence-corrected chi connectivity index (χ3v) is 7.32. The number of halogens is 3. The minimum Gasteiger partial charge on any atom is -0.294 e. The van der Waals surface area contributed by atoms with Gasteiger partial charge < -0.3 is 0 Å². The van der Waals surface area contributed by atoms with E-state index in [9.17, 15) is 26.4 Å². The van der Waals surface area contributed by atoms with Crippen molar-refractivity contribution >= 4 is 38.0 Å². The number of fused-ring (bicyclic) bond motifs is 2. The lowest BCUT2D eigenvalue weighted by Gasteiger charge is -2.20. The molecule has 1 aliphatic rings. The summed E-state index contributed by atoms with van der Waals surface area (Å²) in [5, 5.41) is 1.73. The first kappa shape index (κ1) is 23.7.